The third-order valence-electron chi connectivity index (χ3n) is 3.69. The molecule has 0 fully saturated rings. The van der Waals surface area contributed by atoms with Gasteiger partial charge < -0.3 is 0 Å². The number of hydrogen-bond donors (Lipinski definition) is 1. The first kappa shape index (κ1) is 14.1. The number of nitrogens with one attached hydrogen (secondary N) is 1. The van der Waals surface area contributed by atoms with Crippen molar-refractivity contribution in [2.75, 3.05) is 13.6 Å². The topological polar surface area (TPSA) is 91.3 Å². The Labute approximate surface area is 126 Å². The molecule has 1 N–H and O–H groups in total. The molecule has 0 aromatic carbocycles. The van der Waals surface area contributed by atoms with Gasteiger partial charge in [-0.05, 0) is 18.1 Å². The summed E-state index contributed by atoms with van der Waals surface area (Å²) in [5.74, 6) is -0.620. The van der Waals surface area contributed by atoms with Gasteiger partial charge in [-0.15, -0.1) is 0 Å². The van der Waals surface area contributed by atoms with Gasteiger partial charge in [-0.1, -0.05) is 6.92 Å². The number of aromatic amines is 1. The van der Waals surface area contributed by atoms with Crippen molar-refractivity contribution in [3.8, 4) is 0 Å². The molecule has 112 valence electrons. The predicted molar refractivity (Wildman–Crippen MR) is 82.0 cm³/mol. The maximum absolute atomic E-state index is 12.6. The molecule has 0 unspecified atom stereocenters. The highest BCUT2D eigenvalue weighted by atomic mass is 16.2. The van der Waals surface area contributed by atoms with Gasteiger partial charge in [0.25, 0.3) is 11.8 Å². The summed E-state index contributed by atoms with van der Waals surface area (Å²) in [4.78, 5) is 34.4. The zero-order valence-corrected chi connectivity index (χ0v) is 12.3. The first-order valence-electron chi connectivity index (χ1n) is 6.95. The molecule has 0 saturated heterocycles. The molecule has 7 nitrogen and oxygen atoms in total. The Bertz CT molecular complexity index is 818. The van der Waals surface area contributed by atoms with Crippen LogP contribution in [-0.2, 0) is 0 Å². The Balaban J connectivity index is 1.99. The van der Waals surface area contributed by atoms with Crippen LogP contribution in [0.15, 0.2) is 29.0 Å². The summed E-state index contributed by atoms with van der Waals surface area (Å²) in [5, 5.41) is 7.17. The lowest BCUT2D eigenvalue weighted by Crippen LogP contribution is -2.31. The molecule has 0 bridgehead atoms. The van der Waals surface area contributed by atoms with Gasteiger partial charge in [-0.2, -0.15) is 5.10 Å². The number of H-pyrrole nitrogens is 1. The van der Waals surface area contributed by atoms with Crippen molar-refractivity contribution in [3.63, 3.8) is 0 Å². The van der Waals surface area contributed by atoms with Crippen LogP contribution in [0.1, 0.15) is 34.1 Å². The molecule has 2 aromatic heterocycles. The standard InChI is InChI=1S/C15H15N5O2/c1-3-9(4-5-16-2)8-20-14(21)11-6-17-13-10(7-18-19-13)12(11)15(20)22/h4-7H,3,8H2,1-2H3,(H,17,18,19)/b9-4+,16-5?. The van der Waals surface area contributed by atoms with Crippen LogP contribution in [0.5, 0.6) is 0 Å². The van der Waals surface area contributed by atoms with Crippen molar-refractivity contribution < 1.29 is 9.59 Å². The van der Waals surface area contributed by atoms with E-state index in [1.165, 1.54) is 17.3 Å². The summed E-state index contributed by atoms with van der Waals surface area (Å²) in [5.41, 5.74) is 2.17. The average Bonchev–Trinajstić information content (AvgIpc) is 3.09. The fourth-order valence-electron chi connectivity index (χ4n) is 2.47. The van der Waals surface area contributed by atoms with Crippen LogP contribution < -0.4 is 0 Å². The Morgan fingerprint density at radius 2 is 2.18 bits per heavy atom. The van der Waals surface area contributed by atoms with Crippen molar-refractivity contribution in [1.29, 1.82) is 0 Å². The van der Waals surface area contributed by atoms with Crippen LogP contribution in [0.25, 0.3) is 11.0 Å². The van der Waals surface area contributed by atoms with Gasteiger partial charge in [0.15, 0.2) is 5.65 Å². The lowest BCUT2D eigenvalue weighted by Gasteiger charge is -2.15. The molecule has 2 aromatic rings. The second-order valence-electron chi connectivity index (χ2n) is 4.96. The number of pyridine rings is 1. The SMILES string of the molecule is CC/C(=C\C=NC)CN1C(=O)c2cnc3[nH]ncc3c2C1=O. The number of amides is 2. The summed E-state index contributed by atoms with van der Waals surface area (Å²) >= 11 is 0. The number of nitrogens with zero attached hydrogens (tertiary/aromatic N) is 4. The minimum Gasteiger partial charge on any atom is -0.297 e. The van der Waals surface area contributed by atoms with E-state index in [-0.39, 0.29) is 18.4 Å². The van der Waals surface area contributed by atoms with E-state index < -0.39 is 0 Å². The van der Waals surface area contributed by atoms with Gasteiger partial charge in [0.2, 0.25) is 0 Å². The zero-order chi connectivity index (χ0) is 15.7. The maximum atomic E-state index is 12.6. The molecule has 1 aliphatic heterocycles. The number of allylic oxidation sites excluding steroid dienone is 1. The molecule has 0 atom stereocenters. The van der Waals surface area contributed by atoms with Crippen molar-refractivity contribution in [2.45, 2.75) is 13.3 Å². The van der Waals surface area contributed by atoms with Gasteiger partial charge in [0.05, 0.1) is 29.3 Å². The van der Waals surface area contributed by atoms with Crippen LogP contribution in [-0.4, -0.2) is 51.7 Å². The number of rotatable bonds is 4. The maximum Gasteiger partial charge on any atom is 0.263 e. The number of aromatic nitrogens is 3. The van der Waals surface area contributed by atoms with Gasteiger partial charge in [0, 0.05) is 19.5 Å². The van der Waals surface area contributed by atoms with E-state index >= 15 is 0 Å². The number of carbonyl (C=O) groups excluding carboxylic acids is 2. The van der Waals surface area contributed by atoms with Gasteiger partial charge in [-0.3, -0.25) is 24.6 Å². The quantitative estimate of drug-likeness (QED) is 0.685. The molecule has 3 heterocycles. The Hall–Kier alpha value is -2.83. The molecule has 0 radical (unpaired) electrons. The minimum atomic E-state index is -0.316. The summed E-state index contributed by atoms with van der Waals surface area (Å²) in [7, 11) is 1.67. The van der Waals surface area contributed by atoms with E-state index in [9.17, 15) is 9.59 Å². The van der Waals surface area contributed by atoms with Gasteiger partial charge in [-0.25, -0.2) is 4.98 Å². The lowest BCUT2D eigenvalue weighted by molar-refractivity contribution is 0.0668. The summed E-state index contributed by atoms with van der Waals surface area (Å²) in [6.07, 6.45) is 7.18. The Morgan fingerprint density at radius 3 is 2.91 bits per heavy atom. The average molecular weight is 297 g/mol. The van der Waals surface area contributed by atoms with Crippen LogP contribution in [0.4, 0.5) is 0 Å². The van der Waals surface area contributed by atoms with Crippen LogP contribution in [0.3, 0.4) is 0 Å². The normalized spacial score (nSPS) is 15.4. The monoisotopic (exact) mass is 297 g/mol. The molecule has 7 heteroatoms. The summed E-state index contributed by atoms with van der Waals surface area (Å²) in [6, 6.07) is 0. The predicted octanol–water partition coefficient (Wildman–Crippen LogP) is 1.59. The number of carbonyl (C=O) groups is 2. The first-order valence-corrected chi connectivity index (χ1v) is 6.95. The third kappa shape index (κ3) is 2.11. The number of hydrogen-bond acceptors (Lipinski definition) is 5. The second-order valence-corrected chi connectivity index (χ2v) is 4.96. The van der Waals surface area contributed by atoms with Crippen molar-refractivity contribution in [2.24, 2.45) is 4.99 Å². The highest BCUT2D eigenvalue weighted by molar-refractivity contribution is 6.25. The van der Waals surface area contributed by atoms with Gasteiger partial charge >= 0.3 is 0 Å². The lowest BCUT2D eigenvalue weighted by atomic mass is 10.1. The molecule has 3 rings (SSSR count). The molecule has 2 amide bonds. The largest absolute Gasteiger partial charge is 0.297 e. The van der Waals surface area contributed by atoms with Crippen LogP contribution >= 0.6 is 0 Å². The highest BCUT2D eigenvalue weighted by Gasteiger charge is 2.37. The number of imide groups is 1. The van der Waals surface area contributed by atoms with Crippen molar-refractivity contribution in [3.05, 3.63) is 35.2 Å². The third-order valence-corrected chi connectivity index (χ3v) is 3.69. The van der Waals surface area contributed by atoms with Crippen molar-refractivity contribution >= 4 is 29.1 Å². The number of fused-ring (bicyclic) bond motifs is 3. The minimum absolute atomic E-state index is 0.258. The molecular formula is C15H15N5O2. The Kier molecular flexibility index (Phi) is 3.54. The van der Waals surface area contributed by atoms with E-state index in [1.807, 2.05) is 13.0 Å². The van der Waals surface area contributed by atoms with Gasteiger partial charge in [0.1, 0.15) is 0 Å². The van der Waals surface area contributed by atoms with Crippen LogP contribution in [0.2, 0.25) is 0 Å². The molecular weight excluding hydrogens is 282 g/mol. The van der Waals surface area contributed by atoms with Crippen molar-refractivity contribution in [1.82, 2.24) is 20.1 Å². The van der Waals surface area contributed by atoms with E-state index in [0.717, 1.165) is 12.0 Å². The Morgan fingerprint density at radius 1 is 1.36 bits per heavy atom. The zero-order valence-electron chi connectivity index (χ0n) is 12.3. The molecule has 0 spiro atoms. The van der Waals surface area contributed by atoms with E-state index in [1.54, 1.807) is 13.3 Å². The smallest absolute Gasteiger partial charge is 0.263 e. The highest BCUT2D eigenvalue weighted by Crippen LogP contribution is 2.28. The molecule has 0 saturated carbocycles. The molecule has 22 heavy (non-hydrogen) atoms. The van der Waals surface area contributed by atoms with Crippen LogP contribution in [0, 0.1) is 0 Å². The summed E-state index contributed by atoms with van der Waals surface area (Å²) in [6.45, 7) is 2.23. The van der Waals surface area contributed by atoms with E-state index in [2.05, 4.69) is 20.2 Å². The molecule has 0 aliphatic carbocycles. The van der Waals surface area contributed by atoms with E-state index in [0.29, 0.717) is 22.2 Å². The summed E-state index contributed by atoms with van der Waals surface area (Å²) < 4.78 is 0. The number of aliphatic imine (C=N–C) groups is 1. The molecule has 1 aliphatic rings. The van der Waals surface area contributed by atoms with E-state index in [4.69, 9.17) is 0 Å². The fourth-order valence-corrected chi connectivity index (χ4v) is 2.47. The first-order chi connectivity index (χ1) is 10.7. The second kappa shape index (κ2) is 5.51. The fraction of sp³-hybridized carbons (Fsp3) is 0.267.